The number of aromatic nitrogens is 1. The van der Waals surface area contributed by atoms with E-state index >= 15 is 0 Å². The predicted molar refractivity (Wildman–Crippen MR) is 216 cm³/mol. The van der Waals surface area contributed by atoms with E-state index in [-0.39, 0.29) is 60.7 Å². The number of ketones is 2. The molecule has 3 saturated carbocycles. The second-order valence-electron chi connectivity index (χ2n) is 17.0. The number of aliphatic hydroxyl groups is 2. The number of carbonyl (C=O) groups is 6. The van der Waals surface area contributed by atoms with Crippen LogP contribution in [0.3, 0.4) is 0 Å². The highest BCUT2D eigenvalue weighted by Gasteiger charge is 2.76. The van der Waals surface area contributed by atoms with Crippen molar-refractivity contribution in [2.75, 3.05) is 23.8 Å². The van der Waals surface area contributed by atoms with Gasteiger partial charge in [-0.1, -0.05) is 53.6 Å². The number of amides is 3. The molecule has 1 saturated heterocycles. The minimum Gasteiger partial charge on any atom is -0.481 e. The summed E-state index contributed by atoms with van der Waals surface area (Å²) in [4.78, 5) is 74.9. The summed E-state index contributed by atoms with van der Waals surface area (Å²) in [6.45, 7) is 4.93. The predicted octanol–water partition coefficient (Wildman–Crippen LogP) is 3.50. The molecule has 1 aliphatic heterocycles. The van der Waals surface area contributed by atoms with Crippen LogP contribution in [-0.2, 0) is 38.2 Å². The van der Waals surface area contributed by atoms with Crippen LogP contribution >= 0.6 is 15.9 Å². The van der Waals surface area contributed by atoms with Gasteiger partial charge in [-0.05, 0) is 86.8 Å². The van der Waals surface area contributed by atoms with Gasteiger partial charge in [-0.3, -0.25) is 28.8 Å². The number of carboxylic acid groups (broad SMARTS) is 1. The first-order valence-electron chi connectivity index (χ1n) is 20.1. The fourth-order valence-corrected chi connectivity index (χ4v) is 11.1. The lowest BCUT2D eigenvalue weighted by Gasteiger charge is -2.59. The molecule has 59 heavy (non-hydrogen) atoms. The van der Waals surface area contributed by atoms with Gasteiger partial charge in [0, 0.05) is 46.8 Å². The van der Waals surface area contributed by atoms with E-state index in [1.54, 1.807) is 30.4 Å². The molecule has 7 rings (SSSR count). The van der Waals surface area contributed by atoms with Gasteiger partial charge in [0.15, 0.2) is 23.5 Å². The second-order valence-corrected chi connectivity index (χ2v) is 17.5. The number of benzene rings is 1. The molecule has 2 heterocycles. The highest BCUT2D eigenvalue weighted by atomic mass is 79.9. The van der Waals surface area contributed by atoms with Crippen LogP contribution in [0.5, 0.6) is 0 Å². The van der Waals surface area contributed by atoms with Gasteiger partial charge in [0.1, 0.15) is 12.6 Å². The lowest BCUT2D eigenvalue weighted by Crippen LogP contribution is -2.63. The number of alkyl halides is 1. The van der Waals surface area contributed by atoms with Gasteiger partial charge in [0.2, 0.25) is 17.7 Å². The zero-order valence-corrected chi connectivity index (χ0v) is 34.8. The topological polar surface area (TPSA) is 223 Å². The van der Waals surface area contributed by atoms with Crippen molar-refractivity contribution < 1.29 is 53.6 Å². The lowest BCUT2D eigenvalue weighted by molar-refractivity contribution is -0.201. The summed E-state index contributed by atoms with van der Waals surface area (Å²) >= 11 is 2.99. The Morgan fingerprint density at radius 2 is 1.90 bits per heavy atom. The van der Waals surface area contributed by atoms with Crippen LogP contribution in [-0.4, -0.2) is 97.5 Å². The number of anilines is 1. The Labute approximate surface area is 350 Å². The third kappa shape index (κ3) is 7.62. The molecule has 1 aromatic heterocycles. The van der Waals surface area contributed by atoms with Gasteiger partial charge < -0.3 is 45.3 Å². The molecular formula is C43H51BrN4O11. The second kappa shape index (κ2) is 16.5. The number of hydrogen-bond donors (Lipinski definition) is 6. The number of halogens is 1. The monoisotopic (exact) mass is 878 g/mol. The van der Waals surface area contributed by atoms with Crippen molar-refractivity contribution in [3.63, 3.8) is 0 Å². The molecular weight excluding hydrogens is 828 g/mol. The summed E-state index contributed by atoms with van der Waals surface area (Å²) in [5, 5.41) is 39.2. The molecule has 316 valence electrons. The Morgan fingerprint density at radius 3 is 2.63 bits per heavy atom. The van der Waals surface area contributed by atoms with E-state index < -0.39 is 77.1 Å². The van der Waals surface area contributed by atoms with Gasteiger partial charge in [0.25, 0.3) is 0 Å². The Balaban J connectivity index is 1.06. The van der Waals surface area contributed by atoms with Gasteiger partial charge in [0.05, 0.1) is 30.1 Å². The molecule has 2 aromatic rings. The molecule has 5 aliphatic rings. The number of carboxylic acids is 1. The first-order valence-corrected chi connectivity index (χ1v) is 21.2. The normalized spacial score (nSPS) is 32.7. The number of aliphatic carboxylic acids is 1. The number of fused-ring (bicyclic) bond motifs is 7. The molecule has 0 unspecified atom stereocenters. The zero-order chi connectivity index (χ0) is 42.4. The van der Waals surface area contributed by atoms with E-state index in [2.05, 4.69) is 38.8 Å². The molecule has 16 heteroatoms. The minimum atomic E-state index is -1.48. The van der Waals surface area contributed by atoms with Crippen LogP contribution in [0.25, 0.3) is 0 Å². The largest absolute Gasteiger partial charge is 0.481 e. The Morgan fingerprint density at radius 1 is 1.12 bits per heavy atom. The molecule has 4 aliphatic carbocycles. The molecule has 6 N–H and O–H groups in total. The average Bonchev–Trinajstić information content (AvgIpc) is 3.91. The standard InChI is InChI=1S/C43H51BrN4O11/c1-23(24-5-4-6-27(15-24)46-39(57)31(9-10-37(55)56)47-36(54)20-45-35(53)19-44)48-14-12-25(21-48)40-58-34-17-30-29-8-7-26-16-28(50)11-13-41(26,2)38(29)32(51)18-42(30,3)43(34,59-40)33(52)22-49/h4-6,11-16,21,23,29-32,34,38,40,49,51H,7-10,17-20,22H2,1-3H3,(H,45,53)(H,46,57)(H,47,54)(H,55,56)/t23-,29-,30-,31-,32-,34+,38+,40+,41-,42-,43+/m0/s1. The van der Waals surface area contributed by atoms with Crippen LogP contribution in [0.2, 0.25) is 0 Å². The first-order chi connectivity index (χ1) is 28.0. The fraction of sp³-hybridized carbons (Fsp3) is 0.535. The molecule has 4 fully saturated rings. The van der Waals surface area contributed by atoms with Crippen molar-refractivity contribution in [2.24, 2.45) is 28.6 Å². The summed E-state index contributed by atoms with van der Waals surface area (Å²) < 4.78 is 15.3. The number of carbonyl (C=O) groups excluding carboxylic acids is 5. The Bertz CT molecular complexity index is 2100. The van der Waals surface area contributed by atoms with Crippen molar-refractivity contribution in [3.8, 4) is 0 Å². The molecule has 0 bridgehead atoms. The number of allylic oxidation sites excluding steroid dienone is 4. The summed E-state index contributed by atoms with van der Waals surface area (Å²) in [5.74, 6) is -3.47. The van der Waals surface area contributed by atoms with Crippen molar-refractivity contribution in [3.05, 3.63) is 77.7 Å². The smallest absolute Gasteiger partial charge is 0.303 e. The van der Waals surface area contributed by atoms with E-state index in [0.717, 1.165) is 24.0 Å². The molecule has 11 atom stereocenters. The van der Waals surface area contributed by atoms with Crippen molar-refractivity contribution >= 4 is 56.9 Å². The van der Waals surface area contributed by atoms with E-state index in [0.29, 0.717) is 17.7 Å². The summed E-state index contributed by atoms with van der Waals surface area (Å²) in [6, 6.07) is 7.49. The highest BCUT2D eigenvalue weighted by Crippen LogP contribution is 2.70. The summed E-state index contributed by atoms with van der Waals surface area (Å²) in [6.07, 6.45) is 8.35. The first kappa shape index (κ1) is 42.6. The summed E-state index contributed by atoms with van der Waals surface area (Å²) in [5.41, 5.74) is 0.127. The van der Waals surface area contributed by atoms with Gasteiger partial charge in [-0.15, -0.1) is 0 Å². The summed E-state index contributed by atoms with van der Waals surface area (Å²) in [7, 11) is 0. The Hall–Kier alpha value is -4.48. The zero-order valence-electron chi connectivity index (χ0n) is 33.2. The number of rotatable bonds is 14. The number of ether oxygens (including phenoxy) is 2. The fourth-order valence-electron chi connectivity index (χ4n) is 10.9. The van der Waals surface area contributed by atoms with E-state index in [9.17, 15) is 44.1 Å². The van der Waals surface area contributed by atoms with Crippen LogP contribution in [0, 0.1) is 28.6 Å². The lowest BCUT2D eigenvalue weighted by atomic mass is 9.46. The number of hydrogen-bond acceptors (Lipinski definition) is 10. The third-order valence-corrected chi connectivity index (χ3v) is 14.3. The Kier molecular flexibility index (Phi) is 11.9. The molecule has 0 spiro atoms. The average molecular weight is 880 g/mol. The molecule has 1 aromatic carbocycles. The molecule has 3 amide bonds. The maximum atomic E-state index is 14.0. The molecule has 15 nitrogen and oxygen atoms in total. The number of aliphatic hydroxyl groups excluding tert-OH is 2. The van der Waals surface area contributed by atoms with Crippen LogP contribution < -0.4 is 16.0 Å². The van der Waals surface area contributed by atoms with Crippen LogP contribution in [0.1, 0.15) is 82.8 Å². The van der Waals surface area contributed by atoms with Crippen LogP contribution in [0.15, 0.2) is 66.5 Å². The highest BCUT2D eigenvalue weighted by molar-refractivity contribution is 9.09. The van der Waals surface area contributed by atoms with Crippen molar-refractivity contribution in [1.29, 1.82) is 0 Å². The quantitative estimate of drug-likeness (QED) is 0.151. The van der Waals surface area contributed by atoms with Gasteiger partial charge in [-0.2, -0.15) is 0 Å². The van der Waals surface area contributed by atoms with Crippen molar-refractivity contribution in [1.82, 2.24) is 15.2 Å². The van der Waals surface area contributed by atoms with Crippen LogP contribution in [0.4, 0.5) is 5.69 Å². The third-order valence-electron chi connectivity index (χ3n) is 13.8. The maximum absolute atomic E-state index is 14.0. The SMILES string of the molecule is C[C@@H](c1cccc(NC(=O)[C@H](CCC(=O)O)NC(=O)CNC(=O)CBr)c1)n1ccc([C@@H]2O[C@@H]3C[C@H]4[C@@H]5CCC6=CC(=O)C=C[C@]6(C)[C@H]5[C@@H](O)C[C@]4(C)[C@]3(C(=O)CO)O2)c1. The number of Topliss-reactive ketones (excluding diaryl/α,β-unsaturated/α-hetero) is 1. The van der Waals surface area contributed by atoms with Gasteiger partial charge in [-0.25, -0.2) is 0 Å². The van der Waals surface area contributed by atoms with E-state index in [4.69, 9.17) is 9.47 Å². The van der Waals surface area contributed by atoms with E-state index in [1.165, 1.54) is 0 Å². The van der Waals surface area contributed by atoms with Gasteiger partial charge >= 0.3 is 5.97 Å². The van der Waals surface area contributed by atoms with E-state index in [1.807, 2.05) is 49.0 Å². The minimum absolute atomic E-state index is 0.00665. The van der Waals surface area contributed by atoms with Crippen molar-refractivity contribution in [2.45, 2.75) is 95.5 Å². The maximum Gasteiger partial charge on any atom is 0.303 e. The molecule has 0 radical (unpaired) electrons. The number of nitrogens with one attached hydrogen (secondary N) is 3. The number of nitrogens with zero attached hydrogens (tertiary/aromatic N) is 1.